The fourth-order valence-electron chi connectivity index (χ4n) is 7.71. The molecule has 4 heterocycles. The number of likely N-dealkylation sites (tertiary alicyclic amines) is 2. The maximum atomic E-state index is 14.0. The van der Waals surface area contributed by atoms with Gasteiger partial charge in [0.1, 0.15) is 5.82 Å². The van der Waals surface area contributed by atoms with Gasteiger partial charge in [0.15, 0.2) is 17.3 Å². The number of halogens is 1. The van der Waals surface area contributed by atoms with E-state index < -0.39 is 0 Å². The third-order valence-electron chi connectivity index (χ3n) is 10.6. The van der Waals surface area contributed by atoms with Gasteiger partial charge in [-0.25, -0.2) is 9.37 Å². The minimum Gasteiger partial charge on any atom is -0.493 e. The number of carbonyl (C=O) groups excluding carboxylic acids is 2. The van der Waals surface area contributed by atoms with Crippen molar-refractivity contribution < 1.29 is 28.2 Å². The standard InChI is InChI=1S/C40H43FN4O5S/c1-48-33-23-29(24-34(49-2)37(33)50-3)39(47)44-21-17-40(26-44,35-9-6-22-51-35)16-20-43-18-14-28(15-19-43)36(46)38-42-31-7-4-5-8-32(31)45(38)25-27-10-12-30(41)13-11-27/h4-13,22-24,28H,14-21,25-26H2,1-3H3. The predicted octanol–water partition coefficient (Wildman–Crippen LogP) is 7.08. The van der Waals surface area contributed by atoms with Gasteiger partial charge in [-0.05, 0) is 98.7 Å². The Balaban J connectivity index is 1.02. The highest BCUT2D eigenvalue weighted by Gasteiger charge is 2.43. The summed E-state index contributed by atoms with van der Waals surface area (Å²) in [5.41, 5.74) is 2.95. The first-order valence-corrected chi connectivity index (χ1v) is 18.3. The van der Waals surface area contributed by atoms with E-state index in [2.05, 4.69) is 22.4 Å². The van der Waals surface area contributed by atoms with Crippen LogP contribution in [0, 0.1) is 11.7 Å². The molecule has 2 aliphatic rings. The van der Waals surface area contributed by atoms with Gasteiger partial charge >= 0.3 is 0 Å². The zero-order valence-electron chi connectivity index (χ0n) is 29.3. The molecule has 2 aliphatic heterocycles. The average molecular weight is 711 g/mol. The number of piperidine rings is 1. The summed E-state index contributed by atoms with van der Waals surface area (Å²) >= 11 is 1.75. The summed E-state index contributed by atoms with van der Waals surface area (Å²) in [4.78, 5) is 38.4. The van der Waals surface area contributed by atoms with Crippen LogP contribution >= 0.6 is 11.3 Å². The quantitative estimate of drug-likeness (QED) is 0.128. The molecule has 1 amide bonds. The average Bonchev–Trinajstić information content (AvgIpc) is 3.94. The third-order valence-corrected chi connectivity index (χ3v) is 11.7. The molecule has 51 heavy (non-hydrogen) atoms. The van der Waals surface area contributed by atoms with Gasteiger partial charge in [-0.3, -0.25) is 9.59 Å². The fourth-order valence-corrected chi connectivity index (χ4v) is 8.69. The molecule has 9 nitrogen and oxygen atoms in total. The zero-order chi connectivity index (χ0) is 35.5. The molecular formula is C40H43FN4O5S. The number of fused-ring (bicyclic) bond motifs is 1. The molecule has 1 unspecified atom stereocenters. The largest absolute Gasteiger partial charge is 0.493 e. The lowest BCUT2D eigenvalue weighted by molar-refractivity contribution is 0.0778. The number of methoxy groups -OCH3 is 3. The summed E-state index contributed by atoms with van der Waals surface area (Å²) in [6.07, 6.45) is 3.31. The van der Waals surface area contributed by atoms with Gasteiger partial charge in [-0.15, -0.1) is 11.3 Å². The molecule has 0 radical (unpaired) electrons. The van der Waals surface area contributed by atoms with Gasteiger partial charge in [0.2, 0.25) is 11.5 Å². The molecule has 0 spiro atoms. The second-order valence-electron chi connectivity index (χ2n) is 13.5. The number of benzene rings is 3. The Labute approximate surface area is 301 Å². The van der Waals surface area contributed by atoms with Crippen molar-refractivity contribution in [1.29, 1.82) is 0 Å². The van der Waals surface area contributed by atoms with Crippen molar-refractivity contribution in [2.24, 2.45) is 5.92 Å². The number of ketones is 1. The molecule has 7 rings (SSSR count). The number of nitrogens with zero attached hydrogens (tertiary/aromatic N) is 4. The highest BCUT2D eigenvalue weighted by Crippen LogP contribution is 2.43. The van der Waals surface area contributed by atoms with Crippen molar-refractivity contribution in [2.45, 2.75) is 37.6 Å². The molecular weight excluding hydrogens is 668 g/mol. The van der Waals surface area contributed by atoms with Crippen LogP contribution < -0.4 is 14.2 Å². The number of carbonyl (C=O) groups is 2. The Morgan fingerprint density at radius 1 is 0.922 bits per heavy atom. The SMILES string of the molecule is COc1cc(C(=O)N2CCC(CCN3CCC(C(=O)c4nc5ccccc5n4Cc4ccc(F)cc4)CC3)(c3cccs3)C2)cc(OC)c1OC. The van der Waals surface area contributed by atoms with Gasteiger partial charge < -0.3 is 28.6 Å². The van der Waals surface area contributed by atoms with E-state index in [0.29, 0.717) is 48.3 Å². The molecule has 2 fully saturated rings. The number of imidazole rings is 1. The van der Waals surface area contributed by atoms with E-state index >= 15 is 0 Å². The molecule has 0 bridgehead atoms. The molecule has 0 N–H and O–H groups in total. The Morgan fingerprint density at radius 3 is 2.31 bits per heavy atom. The molecule has 266 valence electrons. The monoisotopic (exact) mass is 710 g/mol. The smallest absolute Gasteiger partial charge is 0.254 e. The lowest BCUT2D eigenvalue weighted by atomic mass is 9.81. The normalized spacial score (nSPS) is 18.3. The first kappa shape index (κ1) is 34.7. The molecule has 0 aliphatic carbocycles. The topological polar surface area (TPSA) is 86.1 Å². The van der Waals surface area contributed by atoms with Crippen molar-refractivity contribution in [3.8, 4) is 17.2 Å². The van der Waals surface area contributed by atoms with E-state index in [1.165, 1.54) is 17.0 Å². The number of thiophene rings is 1. The van der Waals surface area contributed by atoms with Crippen LogP contribution in [0.1, 0.15) is 57.1 Å². The van der Waals surface area contributed by atoms with E-state index in [9.17, 15) is 14.0 Å². The molecule has 11 heteroatoms. The summed E-state index contributed by atoms with van der Waals surface area (Å²) < 4.78 is 32.1. The van der Waals surface area contributed by atoms with Gasteiger partial charge in [-0.1, -0.05) is 30.3 Å². The molecule has 1 atom stereocenters. The maximum Gasteiger partial charge on any atom is 0.254 e. The first-order valence-electron chi connectivity index (χ1n) is 17.4. The van der Waals surface area contributed by atoms with E-state index in [4.69, 9.17) is 19.2 Å². The number of Topliss-reactive ketones (excluding diaryl/α,β-unsaturated/α-hetero) is 1. The summed E-state index contributed by atoms with van der Waals surface area (Å²) in [5, 5.41) is 2.11. The van der Waals surface area contributed by atoms with Crippen LogP contribution in [0.2, 0.25) is 0 Å². The van der Waals surface area contributed by atoms with E-state index in [0.717, 1.165) is 61.9 Å². The number of hydrogen-bond donors (Lipinski definition) is 0. The van der Waals surface area contributed by atoms with E-state index in [1.54, 1.807) is 56.9 Å². The second kappa shape index (κ2) is 14.9. The Hall–Kier alpha value is -4.74. The highest BCUT2D eigenvalue weighted by atomic mass is 32.1. The van der Waals surface area contributed by atoms with Crippen molar-refractivity contribution in [3.63, 3.8) is 0 Å². The number of para-hydroxylation sites is 2. The van der Waals surface area contributed by atoms with Crippen LogP contribution in [0.25, 0.3) is 11.0 Å². The first-order chi connectivity index (χ1) is 24.8. The Morgan fingerprint density at radius 2 is 1.65 bits per heavy atom. The van der Waals surface area contributed by atoms with Crippen LogP contribution in [0.3, 0.4) is 0 Å². The molecule has 0 saturated carbocycles. The van der Waals surface area contributed by atoms with Gasteiger partial charge in [0.25, 0.3) is 5.91 Å². The van der Waals surface area contributed by atoms with Crippen LogP contribution in [0.5, 0.6) is 17.2 Å². The molecule has 2 saturated heterocycles. The summed E-state index contributed by atoms with van der Waals surface area (Å²) in [7, 11) is 4.65. The lowest BCUT2D eigenvalue weighted by Gasteiger charge is -2.35. The number of rotatable bonds is 12. The highest BCUT2D eigenvalue weighted by molar-refractivity contribution is 7.10. The number of amides is 1. The third kappa shape index (κ3) is 6.97. The summed E-state index contributed by atoms with van der Waals surface area (Å²) in [6, 6.07) is 21.9. The molecule has 3 aromatic carbocycles. The van der Waals surface area contributed by atoms with Crippen molar-refractivity contribution in [3.05, 3.63) is 106 Å². The maximum absolute atomic E-state index is 14.0. The zero-order valence-corrected chi connectivity index (χ0v) is 30.1. The minimum atomic E-state index is -0.284. The van der Waals surface area contributed by atoms with Gasteiger partial charge in [0, 0.05) is 41.4 Å². The van der Waals surface area contributed by atoms with Crippen molar-refractivity contribution >= 4 is 34.1 Å². The van der Waals surface area contributed by atoms with Crippen LogP contribution in [0.15, 0.2) is 78.2 Å². The van der Waals surface area contributed by atoms with E-state index in [1.807, 2.05) is 33.7 Å². The van der Waals surface area contributed by atoms with Gasteiger partial charge in [0.05, 0.1) is 32.4 Å². The molecule has 5 aromatic rings. The van der Waals surface area contributed by atoms with Crippen LogP contribution in [0.4, 0.5) is 4.39 Å². The second-order valence-corrected chi connectivity index (χ2v) is 14.5. The van der Waals surface area contributed by atoms with Gasteiger partial charge in [-0.2, -0.15) is 0 Å². The number of aromatic nitrogens is 2. The predicted molar refractivity (Wildman–Crippen MR) is 196 cm³/mol. The minimum absolute atomic E-state index is 0.0579. The van der Waals surface area contributed by atoms with Crippen LogP contribution in [-0.2, 0) is 12.0 Å². The molecule has 2 aromatic heterocycles. The van der Waals surface area contributed by atoms with Crippen molar-refractivity contribution in [2.75, 3.05) is 54.1 Å². The Bertz CT molecular complexity index is 1980. The summed E-state index contributed by atoms with van der Waals surface area (Å²) in [5.74, 6) is 1.45. The summed E-state index contributed by atoms with van der Waals surface area (Å²) in [6.45, 7) is 4.26. The fraction of sp³-hybridized carbons (Fsp3) is 0.375. The number of hydrogen-bond acceptors (Lipinski definition) is 8. The number of ether oxygens (including phenoxy) is 3. The van der Waals surface area contributed by atoms with E-state index in [-0.39, 0.29) is 28.8 Å². The van der Waals surface area contributed by atoms with Crippen molar-refractivity contribution in [1.82, 2.24) is 19.4 Å². The lowest BCUT2D eigenvalue weighted by Crippen LogP contribution is -2.41. The van der Waals surface area contributed by atoms with Crippen LogP contribution in [-0.4, -0.2) is 85.1 Å². The Kier molecular flexibility index (Phi) is 10.1.